The molecule has 0 N–H and O–H groups in total. The minimum atomic E-state index is -4.86. The molecule has 0 saturated carbocycles. The Balaban J connectivity index is 2.91. The van der Waals surface area contributed by atoms with Crippen LogP contribution in [-0.4, -0.2) is 12.1 Å². The van der Waals surface area contributed by atoms with Crippen molar-refractivity contribution in [3.05, 3.63) is 29.6 Å². The van der Waals surface area contributed by atoms with Crippen molar-refractivity contribution in [2.75, 3.05) is 0 Å². The highest BCUT2D eigenvalue weighted by Gasteiger charge is 2.31. The van der Waals surface area contributed by atoms with Crippen molar-refractivity contribution in [2.24, 2.45) is 0 Å². The number of benzene rings is 1. The van der Waals surface area contributed by atoms with Gasteiger partial charge in [-0.05, 0) is 24.6 Å². The predicted octanol–water partition coefficient (Wildman–Crippen LogP) is 4.10. The molecule has 6 heteroatoms. The zero-order valence-electron chi connectivity index (χ0n) is 9.68. The van der Waals surface area contributed by atoms with Crippen molar-refractivity contribution < 1.29 is 27.1 Å². The van der Waals surface area contributed by atoms with Gasteiger partial charge in [-0.1, -0.05) is 13.3 Å². The first-order valence-corrected chi connectivity index (χ1v) is 5.42. The van der Waals surface area contributed by atoms with Crippen molar-refractivity contribution >= 4 is 5.78 Å². The quantitative estimate of drug-likeness (QED) is 0.591. The van der Waals surface area contributed by atoms with E-state index in [1.165, 1.54) is 0 Å². The first-order valence-electron chi connectivity index (χ1n) is 5.42. The fraction of sp³-hybridized carbons (Fsp3) is 0.417. The fourth-order valence-corrected chi connectivity index (χ4v) is 1.39. The molecular weight excluding hydrogens is 252 g/mol. The Morgan fingerprint density at radius 2 is 2.00 bits per heavy atom. The maximum Gasteiger partial charge on any atom is 0.573 e. The van der Waals surface area contributed by atoms with Gasteiger partial charge in [-0.3, -0.25) is 4.79 Å². The van der Waals surface area contributed by atoms with Crippen LogP contribution in [0.25, 0.3) is 0 Å². The highest BCUT2D eigenvalue weighted by molar-refractivity contribution is 5.96. The van der Waals surface area contributed by atoms with Crippen LogP contribution in [0.15, 0.2) is 18.2 Å². The van der Waals surface area contributed by atoms with E-state index >= 15 is 0 Å². The lowest BCUT2D eigenvalue weighted by Gasteiger charge is -2.10. The van der Waals surface area contributed by atoms with Crippen molar-refractivity contribution in [3.63, 3.8) is 0 Å². The lowest BCUT2D eigenvalue weighted by atomic mass is 10.0. The van der Waals surface area contributed by atoms with Crippen LogP contribution in [0.3, 0.4) is 0 Å². The maximum absolute atomic E-state index is 13.3. The summed E-state index contributed by atoms with van der Waals surface area (Å²) in [6, 6.07) is 2.40. The molecule has 0 spiro atoms. The van der Waals surface area contributed by atoms with Gasteiger partial charge in [0.05, 0.1) is 5.56 Å². The largest absolute Gasteiger partial charge is 0.573 e. The molecule has 0 saturated heterocycles. The topological polar surface area (TPSA) is 26.3 Å². The van der Waals surface area contributed by atoms with Crippen molar-refractivity contribution in [1.29, 1.82) is 0 Å². The smallest absolute Gasteiger partial charge is 0.406 e. The second-order valence-electron chi connectivity index (χ2n) is 3.72. The zero-order chi connectivity index (χ0) is 13.8. The van der Waals surface area contributed by atoms with E-state index in [0.29, 0.717) is 6.42 Å². The monoisotopic (exact) mass is 264 g/mol. The molecule has 0 aliphatic rings. The molecule has 18 heavy (non-hydrogen) atoms. The third kappa shape index (κ3) is 4.35. The number of unbranched alkanes of at least 4 members (excludes halogenated alkanes) is 1. The van der Waals surface area contributed by atoms with Gasteiger partial charge in [0.2, 0.25) is 0 Å². The number of halogens is 4. The van der Waals surface area contributed by atoms with Gasteiger partial charge < -0.3 is 4.74 Å². The van der Waals surface area contributed by atoms with Crippen LogP contribution >= 0.6 is 0 Å². The second-order valence-corrected chi connectivity index (χ2v) is 3.72. The lowest BCUT2D eigenvalue weighted by Crippen LogP contribution is -2.17. The second kappa shape index (κ2) is 5.84. The van der Waals surface area contributed by atoms with Gasteiger partial charge in [0.1, 0.15) is 11.6 Å². The summed E-state index contributed by atoms with van der Waals surface area (Å²) in [5.74, 6) is -1.96. The molecule has 0 aromatic heterocycles. The lowest BCUT2D eigenvalue weighted by molar-refractivity contribution is -0.274. The Morgan fingerprint density at radius 1 is 1.33 bits per heavy atom. The standard InChI is InChI=1S/C12H12F4O2/c1-2-3-4-11(17)9-7-8(5-6-10(9)13)18-12(14,15)16/h5-7H,2-4H2,1H3. The molecule has 0 fully saturated rings. The molecule has 0 heterocycles. The summed E-state index contributed by atoms with van der Waals surface area (Å²) in [7, 11) is 0. The summed E-state index contributed by atoms with van der Waals surface area (Å²) in [5.41, 5.74) is -0.370. The summed E-state index contributed by atoms with van der Waals surface area (Å²) >= 11 is 0. The highest BCUT2D eigenvalue weighted by Crippen LogP contribution is 2.25. The van der Waals surface area contributed by atoms with E-state index in [1.54, 1.807) is 0 Å². The van der Waals surface area contributed by atoms with Crippen molar-refractivity contribution in [3.8, 4) is 5.75 Å². The Morgan fingerprint density at radius 3 is 2.56 bits per heavy atom. The molecule has 1 rings (SSSR count). The van der Waals surface area contributed by atoms with Gasteiger partial charge >= 0.3 is 6.36 Å². The van der Waals surface area contributed by atoms with Gasteiger partial charge in [0, 0.05) is 6.42 Å². The van der Waals surface area contributed by atoms with Gasteiger partial charge in [-0.2, -0.15) is 0 Å². The number of ether oxygens (including phenoxy) is 1. The Labute approximate surface area is 102 Å². The van der Waals surface area contributed by atoms with E-state index in [1.807, 2.05) is 6.92 Å². The van der Waals surface area contributed by atoms with E-state index < -0.39 is 23.7 Å². The van der Waals surface area contributed by atoms with E-state index in [0.717, 1.165) is 24.6 Å². The Bertz CT molecular complexity index is 427. The number of hydrogen-bond acceptors (Lipinski definition) is 2. The number of rotatable bonds is 5. The normalized spacial score (nSPS) is 11.4. The number of hydrogen-bond donors (Lipinski definition) is 0. The number of carbonyl (C=O) groups excluding carboxylic acids is 1. The van der Waals surface area contributed by atoms with Gasteiger partial charge in [0.25, 0.3) is 0 Å². The van der Waals surface area contributed by atoms with Crippen LogP contribution in [0.1, 0.15) is 36.5 Å². The molecule has 2 nitrogen and oxygen atoms in total. The number of ketones is 1. The molecule has 0 atom stereocenters. The van der Waals surface area contributed by atoms with E-state index in [9.17, 15) is 22.4 Å². The van der Waals surface area contributed by atoms with Crippen LogP contribution in [0.2, 0.25) is 0 Å². The molecule has 1 aromatic rings. The summed E-state index contributed by atoms with van der Waals surface area (Å²) < 4.78 is 52.9. The molecule has 0 aliphatic heterocycles. The average Bonchev–Trinajstić information content (AvgIpc) is 2.26. The molecule has 0 radical (unpaired) electrons. The van der Waals surface area contributed by atoms with Gasteiger partial charge in [0.15, 0.2) is 5.78 Å². The van der Waals surface area contributed by atoms with Crippen LogP contribution in [0.4, 0.5) is 17.6 Å². The minimum Gasteiger partial charge on any atom is -0.406 e. The molecule has 0 unspecified atom stereocenters. The maximum atomic E-state index is 13.3. The zero-order valence-corrected chi connectivity index (χ0v) is 9.68. The summed E-state index contributed by atoms with van der Waals surface area (Å²) in [4.78, 5) is 11.6. The number of Topliss-reactive ketones (excluding diaryl/α,β-unsaturated/α-hetero) is 1. The van der Waals surface area contributed by atoms with E-state index in [-0.39, 0.29) is 12.0 Å². The first-order chi connectivity index (χ1) is 8.33. The summed E-state index contributed by atoms with van der Waals surface area (Å²) in [6.45, 7) is 1.85. The first kappa shape index (κ1) is 14.5. The molecule has 100 valence electrons. The Kier molecular flexibility index (Phi) is 4.69. The molecule has 0 amide bonds. The predicted molar refractivity (Wildman–Crippen MR) is 56.9 cm³/mol. The van der Waals surface area contributed by atoms with Crippen molar-refractivity contribution in [2.45, 2.75) is 32.5 Å². The molecule has 0 bridgehead atoms. The molecule has 1 aromatic carbocycles. The minimum absolute atomic E-state index is 0.100. The van der Waals surface area contributed by atoms with E-state index in [4.69, 9.17) is 0 Å². The molecule has 0 aliphatic carbocycles. The van der Waals surface area contributed by atoms with Gasteiger partial charge in [-0.25, -0.2) is 4.39 Å². The van der Waals surface area contributed by atoms with Crippen molar-refractivity contribution in [1.82, 2.24) is 0 Å². The summed E-state index contributed by atoms with van der Waals surface area (Å²) in [6.07, 6.45) is -3.46. The fourth-order valence-electron chi connectivity index (χ4n) is 1.39. The SMILES string of the molecule is CCCCC(=O)c1cc(OC(F)(F)F)ccc1F. The number of carbonyl (C=O) groups is 1. The third-order valence-electron chi connectivity index (χ3n) is 2.23. The van der Waals surface area contributed by atoms with Crippen LogP contribution < -0.4 is 4.74 Å². The third-order valence-corrected chi connectivity index (χ3v) is 2.23. The Hall–Kier alpha value is -1.59. The van der Waals surface area contributed by atoms with Crippen LogP contribution in [0, 0.1) is 5.82 Å². The number of alkyl halides is 3. The average molecular weight is 264 g/mol. The highest BCUT2D eigenvalue weighted by atomic mass is 19.4. The van der Waals surface area contributed by atoms with Gasteiger partial charge in [-0.15, -0.1) is 13.2 Å². The van der Waals surface area contributed by atoms with Crippen LogP contribution in [0.5, 0.6) is 5.75 Å². The van der Waals surface area contributed by atoms with E-state index in [2.05, 4.69) is 4.74 Å². The summed E-state index contributed by atoms with van der Waals surface area (Å²) in [5, 5.41) is 0. The molecular formula is C12H12F4O2. The van der Waals surface area contributed by atoms with Crippen LogP contribution in [-0.2, 0) is 0 Å².